The van der Waals surface area contributed by atoms with E-state index in [2.05, 4.69) is 5.32 Å². The molecule has 174 valence electrons. The van der Waals surface area contributed by atoms with Gasteiger partial charge in [-0.05, 0) is 67.1 Å². The summed E-state index contributed by atoms with van der Waals surface area (Å²) >= 11 is 6.86. The predicted octanol–water partition coefficient (Wildman–Crippen LogP) is 5.90. The number of thioether (sulfide) groups is 1. The Labute approximate surface area is 205 Å². The van der Waals surface area contributed by atoms with Crippen LogP contribution in [0, 0.1) is 13.8 Å². The van der Waals surface area contributed by atoms with E-state index in [0.717, 1.165) is 27.8 Å². The molecule has 2 heterocycles. The Morgan fingerprint density at radius 2 is 1.88 bits per heavy atom. The van der Waals surface area contributed by atoms with Crippen molar-refractivity contribution in [3.8, 4) is 17.1 Å². The number of furan rings is 1. The van der Waals surface area contributed by atoms with Gasteiger partial charge < -0.3 is 14.5 Å². The molecule has 1 N–H and O–H groups in total. The Morgan fingerprint density at radius 1 is 1.15 bits per heavy atom. The zero-order valence-electron chi connectivity index (χ0n) is 18.7. The topological polar surface area (TPSA) is 88.9 Å². The minimum atomic E-state index is -0.551. The number of carbonyl (C=O) groups is 3. The van der Waals surface area contributed by atoms with Gasteiger partial charge in [-0.2, -0.15) is 0 Å². The maximum Gasteiger partial charge on any atom is 0.294 e. The number of aryl methyl sites for hydroxylation is 2. The van der Waals surface area contributed by atoms with Gasteiger partial charge in [-0.25, -0.2) is 0 Å². The molecule has 0 bridgehead atoms. The number of imide groups is 1. The van der Waals surface area contributed by atoms with Crippen LogP contribution in [0.1, 0.15) is 16.9 Å². The molecule has 1 aliphatic rings. The van der Waals surface area contributed by atoms with E-state index in [-0.39, 0.29) is 11.4 Å². The third-order valence-electron chi connectivity index (χ3n) is 5.25. The Kier molecular flexibility index (Phi) is 6.81. The molecule has 7 nitrogen and oxygen atoms in total. The number of benzene rings is 2. The summed E-state index contributed by atoms with van der Waals surface area (Å²) in [5.41, 5.74) is 3.13. The summed E-state index contributed by atoms with van der Waals surface area (Å²) in [4.78, 5) is 38.9. The number of methoxy groups -OCH3 is 1. The Hall–Kier alpha value is -3.49. The van der Waals surface area contributed by atoms with E-state index in [1.165, 1.54) is 6.08 Å². The molecule has 2 aromatic carbocycles. The van der Waals surface area contributed by atoms with Gasteiger partial charge in [0.15, 0.2) is 0 Å². The van der Waals surface area contributed by atoms with Gasteiger partial charge in [0.05, 0.1) is 17.6 Å². The van der Waals surface area contributed by atoms with Crippen molar-refractivity contribution in [2.24, 2.45) is 0 Å². The second-order valence-corrected chi connectivity index (χ2v) is 9.06. The minimum absolute atomic E-state index is 0.170. The van der Waals surface area contributed by atoms with Crippen molar-refractivity contribution >= 4 is 52.2 Å². The molecule has 3 amide bonds. The summed E-state index contributed by atoms with van der Waals surface area (Å²) in [6, 6.07) is 14.2. The fourth-order valence-electron chi connectivity index (χ4n) is 3.55. The maximum absolute atomic E-state index is 12.8. The van der Waals surface area contributed by atoms with Crippen molar-refractivity contribution in [3.63, 3.8) is 0 Å². The van der Waals surface area contributed by atoms with Crippen molar-refractivity contribution in [2.75, 3.05) is 19.0 Å². The molecule has 1 aromatic heterocycles. The maximum atomic E-state index is 12.8. The fourth-order valence-corrected chi connectivity index (χ4v) is 4.54. The highest BCUT2D eigenvalue weighted by Crippen LogP contribution is 2.36. The molecule has 0 aliphatic carbocycles. The van der Waals surface area contributed by atoms with Crippen LogP contribution in [0.15, 0.2) is 57.9 Å². The lowest BCUT2D eigenvalue weighted by Gasteiger charge is -2.15. The summed E-state index contributed by atoms with van der Waals surface area (Å²) in [6.45, 7) is 3.38. The van der Waals surface area contributed by atoms with Crippen LogP contribution < -0.4 is 10.1 Å². The first kappa shape index (κ1) is 23.7. The molecule has 3 aromatic rings. The molecule has 0 saturated carbocycles. The monoisotopic (exact) mass is 496 g/mol. The number of amides is 3. The molecule has 1 saturated heterocycles. The molecule has 34 heavy (non-hydrogen) atoms. The lowest BCUT2D eigenvalue weighted by Crippen LogP contribution is -2.36. The minimum Gasteiger partial charge on any atom is -0.496 e. The van der Waals surface area contributed by atoms with Gasteiger partial charge in [0.2, 0.25) is 5.91 Å². The van der Waals surface area contributed by atoms with Gasteiger partial charge in [0.25, 0.3) is 11.1 Å². The standard InChI is InChI=1S/C25H21ClN2O5S/c1-14-5-4-6-15(2)23(14)27-22(29)13-28-24(30)21(34-25(28)31)12-17-8-10-20(33-17)18-11-16(26)7-9-19(18)32-3/h4-12H,13H2,1-3H3,(H,27,29)/b21-12+. The highest BCUT2D eigenvalue weighted by Gasteiger charge is 2.36. The van der Waals surface area contributed by atoms with Crippen LogP contribution in [0.4, 0.5) is 10.5 Å². The molecule has 4 rings (SSSR count). The van der Waals surface area contributed by atoms with Gasteiger partial charge >= 0.3 is 0 Å². The molecule has 0 unspecified atom stereocenters. The number of rotatable bonds is 6. The van der Waals surface area contributed by atoms with Crippen LogP contribution in [0.2, 0.25) is 5.02 Å². The van der Waals surface area contributed by atoms with Crippen molar-refractivity contribution in [2.45, 2.75) is 13.8 Å². The number of hydrogen-bond donors (Lipinski definition) is 1. The van der Waals surface area contributed by atoms with Gasteiger partial charge in [0.1, 0.15) is 23.8 Å². The number of carbonyl (C=O) groups excluding carboxylic acids is 3. The van der Waals surface area contributed by atoms with Crippen molar-refractivity contribution < 1.29 is 23.5 Å². The van der Waals surface area contributed by atoms with E-state index in [4.69, 9.17) is 20.8 Å². The number of nitrogens with zero attached hydrogens (tertiary/aromatic N) is 1. The summed E-state index contributed by atoms with van der Waals surface area (Å²) in [5, 5.41) is 2.80. The van der Waals surface area contributed by atoms with Gasteiger partial charge in [-0.15, -0.1) is 0 Å². The summed E-state index contributed by atoms with van der Waals surface area (Å²) < 4.78 is 11.2. The van der Waals surface area contributed by atoms with E-state index < -0.39 is 17.1 Å². The molecular formula is C25H21ClN2O5S. The predicted molar refractivity (Wildman–Crippen MR) is 133 cm³/mol. The zero-order chi connectivity index (χ0) is 24.4. The zero-order valence-corrected chi connectivity index (χ0v) is 20.3. The first-order valence-corrected chi connectivity index (χ1v) is 11.5. The van der Waals surface area contributed by atoms with Gasteiger partial charge in [0, 0.05) is 16.8 Å². The number of ether oxygens (including phenoxy) is 1. The number of para-hydroxylation sites is 1. The fraction of sp³-hybridized carbons (Fsp3) is 0.160. The first-order valence-electron chi connectivity index (χ1n) is 10.3. The molecule has 0 radical (unpaired) electrons. The van der Waals surface area contributed by atoms with Crippen molar-refractivity contribution in [3.05, 3.63) is 75.3 Å². The van der Waals surface area contributed by atoms with Crippen LogP contribution in [0.25, 0.3) is 17.4 Å². The first-order chi connectivity index (χ1) is 16.3. The average molecular weight is 497 g/mol. The molecular weight excluding hydrogens is 476 g/mol. The van der Waals surface area contributed by atoms with Crippen LogP contribution in [-0.4, -0.2) is 35.6 Å². The molecule has 1 fully saturated rings. The van der Waals surface area contributed by atoms with Gasteiger partial charge in [-0.3, -0.25) is 19.3 Å². The summed E-state index contributed by atoms with van der Waals surface area (Å²) in [6.07, 6.45) is 1.48. The molecule has 0 spiro atoms. The van der Waals surface area contributed by atoms with E-state index in [1.54, 1.807) is 37.4 Å². The summed E-state index contributed by atoms with van der Waals surface area (Å²) in [7, 11) is 1.54. The van der Waals surface area contributed by atoms with Crippen LogP contribution in [0.5, 0.6) is 5.75 Å². The van der Waals surface area contributed by atoms with Crippen LogP contribution in [0.3, 0.4) is 0 Å². The quantitative estimate of drug-likeness (QED) is 0.427. The molecule has 1 aliphatic heterocycles. The van der Waals surface area contributed by atoms with Crippen molar-refractivity contribution in [1.29, 1.82) is 0 Å². The number of anilines is 1. The Morgan fingerprint density at radius 3 is 2.59 bits per heavy atom. The summed E-state index contributed by atoms with van der Waals surface area (Å²) in [5.74, 6) is 0.458. The largest absolute Gasteiger partial charge is 0.496 e. The number of hydrogen-bond acceptors (Lipinski definition) is 6. The average Bonchev–Trinajstić information content (AvgIpc) is 3.36. The highest BCUT2D eigenvalue weighted by atomic mass is 35.5. The lowest BCUT2D eigenvalue weighted by molar-refractivity contribution is -0.127. The van der Waals surface area contributed by atoms with Crippen molar-refractivity contribution in [1.82, 2.24) is 4.90 Å². The molecule has 0 atom stereocenters. The number of halogens is 1. The third kappa shape index (κ3) is 4.88. The smallest absolute Gasteiger partial charge is 0.294 e. The molecule has 9 heteroatoms. The number of nitrogens with one attached hydrogen (secondary N) is 1. The van der Waals surface area contributed by atoms with Gasteiger partial charge in [-0.1, -0.05) is 29.8 Å². The van der Waals surface area contributed by atoms with E-state index >= 15 is 0 Å². The van der Waals surface area contributed by atoms with Crippen LogP contribution >= 0.6 is 23.4 Å². The van der Waals surface area contributed by atoms with E-state index in [0.29, 0.717) is 33.5 Å². The van der Waals surface area contributed by atoms with Crippen LogP contribution in [-0.2, 0) is 9.59 Å². The highest BCUT2D eigenvalue weighted by molar-refractivity contribution is 8.18. The third-order valence-corrected chi connectivity index (χ3v) is 6.39. The SMILES string of the molecule is COc1ccc(Cl)cc1-c1ccc(/C=C2/SC(=O)N(CC(=O)Nc3c(C)cccc3C)C2=O)o1. The normalized spacial score (nSPS) is 14.7. The second-order valence-electron chi connectivity index (χ2n) is 7.63. The lowest BCUT2D eigenvalue weighted by atomic mass is 10.1. The van der Waals surface area contributed by atoms with E-state index in [1.807, 2.05) is 32.0 Å². The Balaban J connectivity index is 1.49. The second kappa shape index (κ2) is 9.79. The Bertz CT molecular complexity index is 1310. The van der Waals surface area contributed by atoms with E-state index in [9.17, 15) is 14.4 Å².